The highest BCUT2D eigenvalue weighted by Gasteiger charge is 2.24. The zero-order valence-corrected chi connectivity index (χ0v) is 17.2. The van der Waals surface area contributed by atoms with E-state index in [1.165, 1.54) is 5.56 Å². The molecule has 1 aromatic heterocycles. The summed E-state index contributed by atoms with van der Waals surface area (Å²) in [6.45, 7) is 5.35. The second-order valence-corrected chi connectivity index (χ2v) is 7.15. The molecule has 154 valence electrons. The van der Waals surface area contributed by atoms with Crippen LogP contribution in [0.25, 0.3) is 0 Å². The summed E-state index contributed by atoms with van der Waals surface area (Å²) in [6, 6.07) is 18.0. The van der Waals surface area contributed by atoms with Crippen molar-refractivity contribution in [1.29, 1.82) is 5.26 Å². The van der Waals surface area contributed by atoms with Gasteiger partial charge in [0.1, 0.15) is 17.6 Å². The molecule has 30 heavy (non-hydrogen) atoms. The Balaban J connectivity index is 1.39. The second-order valence-electron chi connectivity index (χ2n) is 7.15. The van der Waals surface area contributed by atoms with Gasteiger partial charge >= 0.3 is 0 Å². The summed E-state index contributed by atoms with van der Waals surface area (Å²) in [5.41, 5.74) is 2.62. The molecule has 2 heterocycles. The maximum Gasteiger partial charge on any atom is 0.236 e. The number of ether oxygens (including phenoxy) is 2. The first-order valence-corrected chi connectivity index (χ1v) is 9.89. The number of nitrogens with zero attached hydrogens (tertiary/aromatic N) is 4. The maximum absolute atomic E-state index is 9.50. The van der Waals surface area contributed by atoms with E-state index in [1.807, 2.05) is 43.3 Å². The summed E-state index contributed by atoms with van der Waals surface area (Å²) < 4.78 is 16.9. The molecule has 0 bridgehead atoms. The van der Waals surface area contributed by atoms with E-state index in [-0.39, 0.29) is 6.61 Å². The molecule has 7 heteroatoms. The number of nitriles is 1. The molecular weight excluding hydrogens is 380 g/mol. The van der Waals surface area contributed by atoms with E-state index in [0.29, 0.717) is 17.5 Å². The summed E-state index contributed by atoms with van der Waals surface area (Å²) in [7, 11) is 1.66. The Morgan fingerprint density at radius 1 is 0.967 bits per heavy atom. The highest BCUT2D eigenvalue weighted by molar-refractivity contribution is 5.53. The van der Waals surface area contributed by atoms with Crippen LogP contribution in [0.5, 0.6) is 11.5 Å². The fourth-order valence-electron chi connectivity index (χ4n) is 3.44. The van der Waals surface area contributed by atoms with Gasteiger partial charge in [-0.15, -0.1) is 0 Å². The van der Waals surface area contributed by atoms with Crippen LogP contribution in [-0.2, 0) is 6.61 Å². The van der Waals surface area contributed by atoms with Crippen molar-refractivity contribution < 1.29 is 13.9 Å². The first kappa shape index (κ1) is 19.6. The average molecular weight is 404 g/mol. The van der Waals surface area contributed by atoms with Gasteiger partial charge in [-0.25, -0.2) is 0 Å². The van der Waals surface area contributed by atoms with Crippen molar-refractivity contribution in [3.8, 4) is 17.6 Å². The Morgan fingerprint density at radius 2 is 1.60 bits per heavy atom. The molecule has 1 fully saturated rings. The number of piperazine rings is 1. The van der Waals surface area contributed by atoms with Crippen molar-refractivity contribution in [3.05, 3.63) is 65.7 Å². The van der Waals surface area contributed by atoms with E-state index in [1.54, 1.807) is 7.11 Å². The molecule has 7 nitrogen and oxygen atoms in total. The molecule has 4 rings (SSSR count). The van der Waals surface area contributed by atoms with Gasteiger partial charge < -0.3 is 23.7 Å². The van der Waals surface area contributed by atoms with Crippen LogP contribution in [0, 0.1) is 18.3 Å². The third-order valence-corrected chi connectivity index (χ3v) is 5.15. The largest absolute Gasteiger partial charge is 0.497 e. The summed E-state index contributed by atoms with van der Waals surface area (Å²) in [6.07, 6.45) is 0. The van der Waals surface area contributed by atoms with E-state index in [0.717, 1.165) is 43.4 Å². The lowest BCUT2D eigenvalue weighted by Crippen LogP contribution is -2.46. The molecule has 0 N–H and O–H groups in total. The van der Waals surface area contributed by atoms with Crippen LogP contribution in [0.2, 0.25) is 0 Å². The normalized spacial score (nSPS) is 13.8. The third kappa shape index (κ3) is 4.33. The van der Waals surface area contributed by atoms with Crippen molar-refractivity contribution in [1.82, 2.24) is 4.98 Å². The minimum Gasteiger partial charge on any atom is -0.497 e. The number of rotatable bonds is 6. The molecule has 0 atom stereocenters. The minimum absolute atomic E-state index is 0.184. The van der Waals surface area contributed by atoms with Gasteiger partial charge in [-0.05, 0) is 43.3 Å². The van der Waals surface area contributed by atoms with Crippen molar-refractivity contribution in [2.75, 3.05) is 43.1 Å². The van der Waals surface area contributed by atoms with Crippen molar-refractivity contribution in [2.45, 2.75) is 13.5 Å². The number of oxazole rings is 1. The smallest absolute Gasteiger partial charge is 0.236 e. The lowest BCUT2D eigenvalue weighted by Gasteiger charge is -2.35. The van der Waals surface area contributed by atoms with Crippen LogP contribution >= 0.6 is 0 Å². The molecule has 1 aliphatic heterocycles. The van der Waals surface area contributed by atoms with Crippen molar-refractivity contribution >= 4 is 11.6 Å². The lowest BCUT2D eigenvalue weighted by atomic mass is 10.2. The number of aryl methyl sites for hydroxylation is 1. The molecule has 0 unspecified atom stereocenters. The van der Waals surface area contributed by atoms with Gasteiger partial charge in [0, 0.05) is 31.9 Å². The monoisotopic (exact) mass is 404 g/mol. The minimum atomic E-state index is 0.184. The molecule has 1 aliphatic rings. The van der Waals surface area contributed by atoms with Gasteiger partial charge in [0.25, 0.3) is 0 Å². The van der Waals surface area contributed by atoms with E-state index in [2.05, 4.69) is 33.0 Å². The SMILES string of the molecule is COc1ccc(N2CCN(c3oc(COc4ccc(C)cc4)nc3C#N)CC2)cc1. The van der Waals surface area contributed by atoms with Gasteiger partial charge in [0.15, 0.2) is 6.61 Å². The van der Waals surface area contributed by atoms with Crippen LogP contribution in [0.3, 0.4) is 0 Å². The molecule has 0 radical (unpaired) electrons. The van der Waals surface area contributed by atoms with Gasteiger partial charge in [-0.3, -0.25) is 0 Å². The Labute approximate surface area is 176 Å². The highest BCUT2D eigenvalue weighted by Crippen LogP contribution is 2.26. The van der Waals surface area contributed by atoms with Gasteiger partial charge in [-0.2, -0.15) is 10.2 Å². The van der Waals surface area contributed by atoms with Gasteiger partial charge in [0.05, 0.1) is 7.11 Å². The summed E-state index contributed by atoms with van der Waals surface area (Å²) in [5, 5.41) is 9.50. The van der Waals surface area contributed by atoms with Gasteiger partial charge in [0.2, 0.25) is 17.5 Å². The second kappa shape index (κ2) is 8.78. The number of hydrogen-bond donors (Lipinski definition) is 0. The third-order valence-electron chi connectivity index (χ3n) is 5.15. The number of anilines is 2. The number of hydrogen-bond acceptors (Lipinski definition) is 7. The fraction of sp³-hybridized carbons (Fsp3) is 0.304. The Bertz CT molecular complexity index is 1010. The standard InChI is InChI=1S/C23H24N4O3/c1-17-3-7-20(8-4-17)29-16-22-25-21(15-24)23(30-22)27-13-11-26(12-14-27)18-5-9-19(28-2)10-6-18/h3-10H,11-14,16H2,1-2H3. The first-order valence-electron chi connectivity index (χ1n) is 9.89. The predicted molar refractivity (Wildman–Crippen MR) is 114 cm³/mol. The number of methoxy groups -OCH3 is 1. The van der Waals surface area contributed by atoms with Crippen LogP contribution in [0.4, 0.5) is 11.6 Å². The summed E-state index contributed by atoms with van der Waals surface area (Å²) in [5.74, 6) is 2.51. The van der Waals surface area contributed by atoms with E-state index in [4.69, 9.17) is 13.9 Å². The van der Waals surface area contributed by atoms with Crippen LogP contribution in [-0.4, -0.2) is 38.3 Å². The predicted octanol–water partition coefficient (Wildman–Crippen LogP) is 3.77. The quantitative estimate of drug-likeness (QED) is 0.619. The average Bonchev–Trinajstić information content (AvgIpc) is 3.22. The first-order chi connectivity index (χ1) is 14.7. The molecule has 0 saturated carbocycles. The lowest BCUT2D eigenvalue weighted by molar-refractivity contribution is 0.263. The Kier molecular flexibility index (Phi) is 5.75. The Hall–Kier alpha value is -3.66. The molecule has 1 saturated heterocycles. The van der Waals surface area contributed by atoms with Crippen LogP contribution in [0.15, 0.2) is 52.9 Å². The Morgan fingerprint density at radius 3 is 2.23 bits per heavy atom. The molecule has 0 amide bonds. The topological polar surface area (TPSA) is 74.8 Å². The summed E-state index contributed by atoms with van der Waals surface area (Å²) >= 11 is 0. The number of aromatic nitrogens is 1. The highest BCUT2D eigenvalue weighted by atomic mass is 16.5. The molecule has 2 aromatic carbocycles. The zero-order chi connectivity index (χ0) is 20.9. The van der Waals surface area contributed by atoms with Crippen LogP contribution in [0.1, 0.15) is 17.1 Å². The number of benzene rings is 2. The van der Waals surface area contributed by atoms with Gasteiger partial charge in [-0.1, -0.05) is 17.7 Å². The van der Waals surface area contributed by atoms with Crippen molar-refractivity contribution in [3.63, 3.8) is 0 Å². The molecular formula is C23H24N4O3. The van der Waals surface area contributed by atoms with E-state index >= 15 is 0 Å². The zero-order valence-electron chi connectivity index (χ0n) is 17.2. The van der Waals surface area contributed by atoms with Crippen LogP contribution < -0.4 is 19.3 Å². The van der Waals surface area contributed by atoms with E-state index in [9.17, 15) is 5.26 Å². The molecule has 0 aliphatic carbocycles. The maximum atomic E-state index is 9.50. The molecule has 3 aromatic rings. The van der Waals surface area contributed by atoms with Crippen molar-refractivity contribution in [2.24, 2.45) is 0 Å². The summed E-state index contributed by atoms with van der Waals surface area (Å²) in [4.78, 5) is 8.69. The molecule has 0 spiro atoms. The van der Waals surface area contributed by atoms with E-state index < -0.39 is 0 Å². The fourth-order valence-corrected chi connectivity index (χ4v) is 3.44.